The van der Waals surface area contributed by atoms with E-state index in [-0.39, 0.29) is 0 Å². The number of hydrogen-bond acceptors (Lipinski definition) is 5. The quantitative estimate of drug-likeness (QED) is 0.789. The SMILES string of the molecule is Cc1cc([C@@H]2CCCCCN2C[C@H](C)Cc2ccc3c(c2)OCO3)no1. The molecule has 0 aliphatic carbocycles. The molecule has 2 atom stereocenters. The number of ether oxygens (including phenoxy) is 2. The van der Waals surface area contributed by atoms with Gasteiger partial charge in [0.1, 0.15) is 11.5 Å². The number of likely N-dealkylation sites (tertiary alicyclic amines) is 1. The van der Waals surface area contributed by atoms with Crippen molar-refractivity contribution >= 4 is 0 Å². The highest BCUT2D eigenvalue weighted by Gasteiger charge is 2.26. The van der Waals surface area contributed by atoms with Crippen LogP contribution in [0.5, 0.6) is 11.5 Å². The smallest absolute Gasteiger partial charge is 0.231 e. The van der Waals surface area contributed by atoms with Crippen molar-refractivity contribution in [2.45, 2.75) is 52.0 Å². The van der Waals surface area contributed by atoms with E-state index < -0.39 is 0 Å². The van der Waals surface area contributed by atoms with Gasteiger partial charge in [-0.3, -0.25) is 4.90 Å². The second kappa shape index (κ2) is 7.70. The minimum Gasteiger partial charge on any atom is -0.454 e. The fourth-order valence-corrected chi connectivity index (χ4v) is 4.20. The summed E-state index contributed by atoms with van der Waals surface area (Å²) in [6, 6.07) is 8.79. The van der Waals surface area contributed by atoms with E-state index in [2.05, 4.69) is 35.2 Å². The van der Waals surface area contributed by atoms with E-state index in [1.54, 1.807) is 0 Å². The standard InChI is InChI=1S/C21H28N2O3/c1-15(10-17-7-8-20-21(12-17)25-14-24-20)13-23-9-5-3-4-6-19(23)18-11-16(2)26-22-18/h7-8,11-12,15,19H,3-6,9-10,13-14H2,1-2H3/t15-,19+/m1/s1. The number of nitrogens with zero attached hydrogens (tertiary/aromatic N) is 2. The predicted molar refractivity (Wildman–Crippen MR) is 99.5 cm³/mol. The van der Waals surface area contributed by atoms with Crippen LogP contribution in [0.3, 0.4) is 0 Å². The van der Waals surface area contributed by atoms with Crippen molar-refractivity contribution in [2.24, 2.45) is 5.92 Å². The molecule has 5 heteroatoms. The summed E-state index contributed by atoms with van der Waals surface area (Å²) < 4.78 is 16.3. The molecule has 0 saturated carbocycles. The van der Waals surface area contributed by atoms with Crippen LogP contribution in [-0.4, -0.2) is 29.9 Å². The Morgan fingerprint density at radius 3 is 2.88 bits per heavy atom. The average molecular weight is 356 g/mol. The topological polar surface area (TPSA) is 47.7 Å². The van der Waals surface area contributed by atoms with Crippen LogP contribution in [0.1, 0.15) is 55.7 Å². The maximum atomic E-state index is 5.51. The molecule has 1 aromatic carbocycles. The molecule has 5 nitrogen and oxygen atoms in total. The first-order chi connectivity index (χ1) is 12.7. The van der Waals surface area contributed by atoms with E-state index in [0.717, 1.165) is 42.5 Å². The molecule has 0 radical (unpaired) electrons. The summed E-state index contributed by atoms with van der Waals surface area (Å²) in [5.41, 5.74) is 2.41. The van der Waals surface area contributed by atoms with Crippen LogP contribution in [0.15, 0.2) is 28.8 Å². The van der Waals surface area contributed by atoms with Crippen molar-refractivity contribution in [3.05, 3.63) is 41.3 Å². The number of aromatic nitrogens is 1. The Morgan fingerprint density at radius 2 is 2.04 bits per heavy atom. The minimum absolute atomic E-state index is 0.334. The van der Waals surface area contributed by atoms with Crippen molar-refractivity contribution in [1.82, 2.24) is 10.1 Å². The minimum atomic E-state index is 0.334. The summed E-state index contributed by atoms with van der Waals surface area (Å²) in [7, 11) is 0. The Bertz CT molecular complexity index is 743. The molecule has 2 aliphatic heterocycles. The molecule has 2 aliphatic rings. The Morgan fingerprint density at radius 1 is 1.15 bits per heavy atom. The Kier molecular flexibility index (Phi) is 5.16. The first-order valence-electron chi connectivity index (χ1n) is 9.75. The lowest BCUT2D eigenvalue weighted by atomic mass is 9.98. The largest absolute Gasteiger partial charge is 0.454 e. The molecule has 26 heavy (non-hydrogen) atoms. The Hall–Kier alpha value is -2.01. The van der Waals surface area contributed by atoms with Gasteiger partial charge >= 0.3 is 0 Å². The maximum absolute atomic E-state index is 5.51. The van der Waals surface area contributed by atoms with Gasteiger partial charge in [0.2, 0.25) is 6.79 Å². The lowest BCUT2D eigenvalue weighted by Crippen LogP contribution is -2.33. The van der Waals surface area contributed by atoms with Gasteiger partial charge in [-0.2, -0.15) is 0 Å². The van der Waals surface area contributed by atoms with E-state index in [1.165, 1.54) is 31.2 Å². The summed E-state index contributed by atoms with van der Waals surface area (Å²) in [5, 5.41) is 4.31. The van der Waals surface area contributed by atoms with Crippen molar-refractivity contribution in [2.75, 3.05) is 19.9 Å². The summed E-state index contributed by atoms with van der Waals surface area (Å²) in [4.78, 5) is 2.61. The molecular weight excluding hydrogens is 328 g/mol. The van der Waals surface area contributed by atoms with Crippen LogP contribution in [-0.2, 0) is 6.42 Å². The molecule has 4 rings (SSSR count). The molecule has 0 amide bonds. The molecular formula is C21H28N2O3. The monoisotopic (exact) mass is 356 g/mol. The van der Waals surface area contributed by atoms with Crippen LogP contribution in [0.25, 0.3) is 0 Å². The van der Waals surface area contributed by atoms with Gasteiger partial charge in [0.25, 0.3) is 0 Å². The normalized spacial score (nSPS) is 21.5. The molecule has 0 N–H and O–H groups in total. The molecule has 3 heterocycles. The van der Waals surface area contributed by atoms with Gasteiger partial charge in [0.05, 0.1) is 6.04 Å². The van der Waals surface area contributed by atoms with Crippen LogP contribution in [0.4, 0.5) is 0 Å². The van der Waals surface area contributed by atoms with Crippen molar-refractivity contribution in [3.8, 4) is 11.5 Å². The van der Waals surface area contributed by atoms with E-state index >= 15 is 0 Å². The van der Waals surface area contributed by atoms with Gasteiger partial charge in [-0.25, -0.2) is 0 Å². The summed E-state index contributed by atoms with van der Waals surface area (Å²) >= 11 is 0. The van der Waals surface area contributed by atoms with Gasteiger partial charge in [0, 0.05) is 12.6 Å². The van der Waals surface area contributed by atoms with Crippen molar-refractivity contribution < 1.29 is 14.0 Å². The van der Waals surface area contributed by atoms with Crippen LogP contribution >= 0.6 is 0 Å². The second-order valence-electron chi connectivity index (χ2n) is 7.72. The fraction of sp³-hybridized carbons (Fsp3) is 0.571. The zero-order valence-electron chi connectivity index (χ0n) is 15.7. The van der Waals surface area contributed by atoms with Gasteiger partial charge in [-0.15, -0.1) is 0 Å². The highest BCUT2D eigenvalue weighted by molar-refractivity contribution is 5.44. The number of hydrogen-bond donors (Lipinski definition) is 0. The highest BCUT2D eigenvalue weighted by atomic mass is 16.7. The first-order valence-corrected chi connectivity index (χ1v) is 9.75. The van der Waals surface area contributed by atoms with E-state index in [0.29, 0.717) is 18.8 Å². The Labute approximate surface area is 155 Å². The molecule has 0 bridgehead atoms. The molecule has 1 aromatic heterocycles. The predicted octanol–water partition coefficient (Wildman–Crippen LogP) is 4.51. The molecule has 0 unspecified atom stereocenters. The van der Waals surface area contributed by atoms with Crippen molar-refractivity contribution in [1.29, 1.82) is 0 Å². The van der Waals surface area contributed by atoms with Gasteiger partial charge < -0.3 is 14.0 Å². The molecule has 0 spiro atoms. The van der Waals surface area contributed by atoms with Crippen LogP contribution in [0, 0.1) is 12.8 Å². The zero-order chi connectivity index (χ0) is 17.9. The third-order valence-electron chi connectivity index (χ3n) is 5.42. The fourth-order valence-electron chi connectivity index (χ4n) is 4.20. The van der Waals surface area contributed by atoms with Gasteiger partial charge in [-0.1, -0.05) is 31.0 Å². The number of rotatable bonds is 5. The molecule has 1 saturated heterocycles. The van der Waals surface area contributed by atoms with Gasteiger partial charge in [-0.05, 0) is 56.3 Å². The maximum Gasteiger partial charge on any atom is 0.231 e. The van der Waals surface area contributed by atoms with Crippen LogP contribution < -0.4 is 9.47 Å². The lowest BCUT2D eigenvalue weighted by Gasteiger charge is -2.31. The van der Waals surface area contributed by atoms with Gasteiger partial charge in [0.15, 0.2) is 11.5 Å². The number of benzene rings is 1. The summed E-state index contributed by atoms with van der Waals surface area (Å²) in [6.45, 7) is 6.86. The lowest BCUT2D eigenvalue weighted by molar-refractivity contribution is 0.167. The number of fused-ring (bicyclic) bond motifs is 1. The van der Waals surface area contributed by atoms with Crippen molar-refractivity contribution in [3.63, 3.8) is 0 Å². The summed E-state index contributed by atoms with van der Waals surface area (Å²) in [5.74, 6) is 3.19. The third-order valence-corrected chi connectivity index (χ3v) is 5.42. The molecule has 2 aromatic rings. The van der Waals surface area contributed by atoms with E-state index in [9.17, 15) is 0 Å². The summed E-state index contributed by atoms with van der Waals surface area (Å²) in [6.07, 6.45) is 6.05. The van der Waals surface area contributed by atoms with E-state index in [1.807, 2.05) is 13.0 Å². The molecule has 140 valence electrons. The van der Waals surface area contributed by atoms with E-state index in [4.69, 9.17) is 14.0 Å². The third kappa shape index (κ3) is 3.88. The number of aryl methyl sites for hydroxylation is 1. The zero-order valence-corrected chi connectivity index (χ0v) is 15.7. The Balaban J connectivity index is 1.43. The second-order valence-corrected chi connectivity index (χ2v) is 7.72. The first kappa shape index (κ1) is 17.4. The van der Waals surface area contributed by atoms with Crippen LogP contribution in [0.2, 0.25) is 0 Å². The highest BCUT2D eigenvalue weighted by Crippen LogP contribution is 2.34. The molecule has 1 fully saturated rings. The average Bonchev–Trinajstić information content (AvgIpc) is 3.19.